The summed E-state index contributed by atoms with van der Waals surface area (Å²) in [5.74, 6) is 0.558. The molecule has 0 bridgehead atoms. The number of rotatable bonds is 6. The Balaban J connectivity index is 2.01. The molecule has 0 aromatic heterocycles. The summed E-state index contributed by atoms with van der Waals surface area (Å²) >= 11 is 0. The quantitative estimate of drug-likeness (QED) is 0.813. The maximum atomic E-state index is 12.2. The van der Waals surface area contributed by atoms with E-state index < -0.39 is 6.36 Å². The van der Waals surface area contributed by atoms with Crippen LogP contribution in [0.4, 0.5) is 13.2 Å². The van der Waals surface area contributed by atoms with Crippen molar-refractivity contribution in [2.45, 2.75) is 51.4 Å². The maximum Gasteiger partial charge on any atom is 0.573 e. The summed E-state index contributed by atoms with van der Waals surface area (Å²) in [7, 11) is 0. The molecule has 0 amide bonds. The summed E-state index contributed by atoms with van der Waals surface area (Å²) in [6.07, 6.45) is 1.53. The Morgan fingerprint density at radius 1 is 1.19 bits per heavy atom. The molecule has 21 heavy (non-hydrogen) atoms. The van der Waals surface area contributed by atoms with E-state index in [0.29, 0.717) is 0 Å². The first-order chi connectivity index (χ1) is 9.98. The summed E-state index contributed by atoms with van der Waals surface area (Å²) in [6, 6.07) is 6.44. The highest BCUT2D eigenvalue weighted by atomic mass is 19.4. The van der Waals surface area contributed by atoms with Crippen LogP contribution in [0.25, 0.3) is 0 Å². The summed E-state index contributed by atoms with van der Waals surface area (Å²) < 4.78 is 40.4. The van der Waals surface area contributed by atoms with Gasteiger partial charge in [-0.2, -0.15) is 0 Å². The van der Waals surface area contributed by atoms with Gasteiger partial charge in [0.1, 0.15) is 5.75 Å². The van der Waals surface area contributed by atoms with Gasteiger partial charge < -0.3 is 10.1 Å². The fourth-order valence-electron chi connectivity index (χ4n) is 3.06. The Kier molecular flexibility index (Phi) is 5.51. The van der Waals surface area contributed by atoms with E-state index in [1.165, 1.54) is 37.8 Å². The number of halogens is 3. The second-order valence-electron chi connectivity index (χ2n) is 5.61. The minimum absolute atomic E-state index is 0.164. The molecule has 2 nitrogen and oxygen atoms in total. The van der Waals surface area contributed by atoms with Gasteiger partial charge in [0.25, 0.3) is 0 Å². The molecule has 1 atom stereocenters. The standard InChI is InChI=1S/C16H22F3NO/c1-2-20-15(11-12-5-3-4-6-12)13-7-9-14(10-8-13)21-16(17,18)19/h7-10,12,15,20H,2-6,11H2,1H3. The van der Waals surface area contributed by atoms with Crippen molar-refractivity contribution in [3.05, 3.63) is 29.8 Å². The normalized spacial score (nSPS) is 17.9. The van der Waals surface area contributed by atoms with Gasteiger partial charge in [0.2, 0.25) is 0 Å². The molecule has 0 heterocycles. The highest BCUT2D eigenvalue weighted by molar-refractivity contribution is 5.29. The van der Waals surface area contributed by atoms with Gasteiger partial charge in [-0.3, -0.25) is 0 Å². The summed E-state index contributed by atoms with van der Waals surface area (Å²) in [4.78, 5) is 0. The molecule has 1 aromatic rings. The number of benzene rings is 1. The summed E-state index contributed by atoms with van der Waals surface area (Å²) in [6.45, 7) is 2.89. The van der Waals surface area contributed by atoms with Crippen molar-refractivity contribution in [1.82, 2.24) is 5.32 Å². The van der Waals surface area contributed by atoms with E-state index in [9.17, 15) is 13.2 Å². The molecule has 1 aliphatic rings. The molecule has 1 fully saturated rings. The number of ether oxygens (including phenoxy) is 1. The van der Waals surface area contributed by atoms with Crippen LogP contribution >= 0.6 is 0 Å². The molecule has 0 saturated heterocycles. The van der Waals surface area contributed by atoms with Gasteiger partial charge in [-0.1, -0.05) is 44.7 Å². The van der Waals surface area contributed by atoms with Crippen LogP contribution in [0, 0.1) is 5.92 Å². The maximum absolute atomic E-state index is 12.2. The second kappa shape index (κ2) is 7.16. The van der Waals surface area contributed by atoms with Crippen LogP contribution < -0.4 is 10.1 Å². The van der Waals surface area contributed by atoms with Crippen molar-refractivity contribution in [1.29, 1.82) is 0 Å². The molecular formula is C16H22F3NO. The second-order valence-corrected chi connectivity index (χ2v) is 5.61. The van der Waals surface area contributed by atoms with Crippen LogP contribution in [-0.2, 0) is 0 Å². The molecule has 5 heteroatoms. The number of hydrogen-bond donors (Lipinski definition) is 1. The van der Waals surface area contributed by atoms with Crippen LogP contribution in [0.5, 0.6) is 5.75 Å². The predicted molar refractivity (Wildman–Crippen MR) is 76.1 cm³/mol. The van der Waals surface area contributed by atoms with Crippen molar-refractivity contribution < 1.29 is 17.9 Å². The molecule has 0 radical (unpaired) electrons. The van der Waals surface area contributed by atoms with Gasteiger partial charge >= 0.3 is 6.36 Å². The zero-order valence-corrected chi connectivity index (χ0v) is 12.2. The zero-order chi connectivity index (χ0) is 15.3. The van der Waals surface area contributed by atoms with E-state index in [0.717, 1.165) is 24.4 Å². The molecule has 2 rings (SSSR count). The van der Waals surface area contributed by atoms with Crippen molar-refractivity contribution in [3.8, 4) is 5.75 Å². The number of hydrogen-bond acceptors (Lipinski definition) is 2. The Hall–Kier alpha value is -1.23. The third kappa shape index (κ3) is 5.23. The fourth-order valence-corrected chi connectivity index (χ4v) is 3.06. The first kappa shape index (κ1) is 16.1. The van der Waals surface area contributed by atoms with E-state index >= 15 is 0 Å². The van der Waals surface area contributed by atoms with Crippen LogP contribution in [-0.4, -0.2) is 12.9 Å². The van der Waals surface area contributed by atoms with Gasteiger partial charge in [-0.15, -0.1) is 13.2 Å². The highest BCUT2D eigenvalue weighted by Gasteiger charge is 2.31. The molecule has 1 unspecified atom stereocenters. The number of nitrogens with one attached hydrogen (secondary N) is 1. The Bertz CT molecular complexity index is 424. The van der Waals surface area contributed by atoms with Gasteiger partial charge in [0.15, 0.2) is 0 Å². The Morgan fingerprint density at radius 3 is 2.33 bits per heavy atom. The largest absolute Gasteiger partial charge is 0.573 e. The van der Waals surface area contributed by atoms with Gasteiger partial charge in [0, 0.05) is 6.04 Å². The topological polar surface area (TPSA) is 21.3 Å². The molecule has 0 spiro atoms. The van der Waals surface area contributed by atoms with E-state index in [4.69, 9.17) is 0 Å². The third-order valence-electron chi connectivity index (χ3n) is 4.01. The lowest BCUT2D eigenvalue weighted by Crippen LogP contribution is -2.23. The molecular weight excluding hydrogens is 279 g/mol. The molecule has 1 aliphatic carbocycles. The van der Waals surface area contributed by atoms with E-state index in [-0.39, 0.29) is 11.8 Å². The van der Waals surface area contributed by atoms with Crippen molar-refractivity contribution >= 4 is 0 Å². The van der Waals surface area contributed by atoms with Crippen LogP contribution in [0.15, 0.2) is 24.3 Å². The monoisotopic (exact) mass is 301 g/mol. The fraction of sp³-hybridized carbons (Fsp3) is 0.625. The number of alkyl halides is 3. The van der Waals surface area contributed by atoms with E-state index in [1.807, 2.05) is 6.92 Å². The lowest BCUT2D eigenvalue weighted by atomic mass is 9.93. The lowest BCUT2D eigenvalue weighted by Gasteiger charge is -2.22. The summed E-state index contributed by atoms with van der Waals surface area (Å²) in [5.41, 5.74) is 1.03. The minimum atomic E-state index is -4.63. The average molecular weight is 301 g/mol. The van der Waals surface area contributed by atoms with E-state index in [2.05, 4.69) is 10.1 Å². The van der Waals surface area contributed by atoms with Crippen LogP contribution in [0.1, 0.15) is 50.6 Å². The third-order valence-corrected chi connectivity index (χ3v) is 4.01. The molecule has 0 aliphatic heterocycles. The van der Waals surface area contributed by atoms with Gasteiger partial charge in [-0.05, 0) is 36.6 Å². The van der Waals surface area contributed by atoms with Crippen LogP contribution in [0.2, 0.25) is 0 Å². The van der Waals surface area contributed by atoms with Crippen molar-refractivity contribution in [2.75, 3.05) is 6.54 Å². The van der Waals surface area contributed by atoms with Crippen LogP contribution in [0.3, 0.4) is 0 Å². The minimum Gasteiger partial charge on any atom is -0.406 e. The lowest BCUT2D eigenvalue weighted by molar-refractivity contribution is -0.274. The Morgan fingerprint density at radius 2 is 1.81 bits per heavy atom. The highest BCUT2D eigenvalue weighted by Crippen LogP contribution is 2.33. The molecule has 1 aromatic carbocycles. The first-order valence-corrected chi connectivity index (χ1v) is 7.57. The molecule has 1 saturated carbocycles. The predicted octanol–water partition coefficient (Wildman–Crippen LogP) is 4.82. The van der Waals surface area contributed by atoms with E-state index in [1.54, 1.807) is 12.1 Å². The summed E-state index contributed by atoms with van der Waals surface area (Å²) in [5, 5.41) is 3.43. The SMILES string of the molecule is CCNC(CC1CCCC1)c1ccc(OC(F)(F)F)cc1. The average Bonchev–Trinajstić information content (AvgIpc) is 2.90. The zero-order valence-electron chi connectivity index (χ0n) is 12.2. The first-order valence-electron chi connectivity index (χ1n) is 7.57. The van der Waals surface area contributed by atoms with Gasteiger partial charge in [0.05, 0.1) is 0 Å². The van der Waals surface area contributed by atoms with Crippen molar-refractivity contribution in [3.63, 3.8) is 0 Å². The Labute approximate surface area is 123 Å². The van der Waals surface area contributed by atoms with Crippen molar-refractivity contribution in [2.24, 2.45) is 5.92 Å². The molecule has 1 N–H and O–H groups in total. The molecule has 118 valence electrons. The van der Waals surface area contributed by atoms with Gasteiger partial charge in [-0.25, -0.2) is 0 Å². The smallest absolute Gasteiger partial charge is 0.406 e.